The second kappa shape index (κ2) is 42.2. The van der Waals surface area contributed by atoms with Gasteiger partial charge in [-0.3, -0.25) is 9.69 Å². The lowest BCUT2D eigenvalue weighted by Crippen LogP contribution is -2.26. The van der Waals surface area contributed by atoms with Crippen LogP contribution >= 0.6 is 0 Å². The van der Waals surface area contributed by atoms with E-state index in [1.807, 2.05) is 0 Å². The highest BCUT2D eigenvalue weighted by atomic mass is 16.4. The minimum atomic E-state index is -0.833. The Morgan fingerprint density at radius 2 is 0.636 bits per heavy atom. The smallest absolute Gasteiger partial charge is 0.300 e. The van der Waals surface area contributed by atoms with Crippen LogP contribution in [0.5, 0.6) is 0 Å². The maximum atomic E-state index is 9.00. The van der Waals surface area contributed by atoms with E-state index in [0.29, 0.717) is 0 Å². The fraction of sp³-hybridized carbons (Fsp3) is 0.927. The van der Waals surface area contributed by atoms with Crippen LogP contribution in [-0.4, -0.2) is 35.6 Å². The first-order chi connectivity index (χ1) is 21.6. The van der Waals surface area contributed by atoms with Crippen LogP contribution in [0.15, 0.2) is 12.7 Å². The van der Waals surface area contributed by atoms with E-state index in [9.17, 15) is 0 Å². The van der Waals surface area contributed by atoms with Gasteiger partial charge in [-0.25, -0.2) is 0 Å². The van der Waals surface area contributed by atoms with Gasteiger partial charge in [0.1, 0.15) is 0 Å². The molecule has 3 nitrogen and oxygen atoms in total. The lowest BCUT2D eigenvalue weighted by molar-refractivity contribution is -0.134. The summed E-state index contributed by atoms with van der Waals surface area (Å²) in [5, 5.41) is 7.42. The summed E-state index contributed by atoms with van der Waals surface area (Å²) in [6, 6.07) is 0. The highest BCUT2D eigenvalue weighted by Gasteiger charge is 2.03. The number of carboxylic acids is 1. The van der Waals surface area contributed by atoms with Gasteiger partial charge in [-0.1, -0.05) is 213 Å². The van der Waals surface area contributed by atoms with E-state index in [-0.39, 0.29) is 0 Å². The average Bonchev–Trinajstić information content (AvgIpc) is 3.00. The van der Waals surface area contributed by atoms with Crippen LogP contribution in [0, 0.1) is 0 Å². The van der Waals surface area contributed by atoms with E-state index >= 15 is 0 Å². The van der Waals surface area contributed by atoms with E-state index in [2.05, 4.69) is 31.4 Å². The van der Waals surface area contributed by atoms with Crippen molar-refractivity contribution in [3.05, 3.63) is 12.7 Å². The van der Waals surface area contributed by atoms with Crippen molar-refractivity contribution in [1.29, 1.82) is 0 Å². The van der Waals surface area contributed by atoms with Crippen molar-refractivity contribution in [2.45, 2.75) is 226 Å². The van der Waals surface area contributed by atoms with Gasteiger partial charge in [-0.2, -0.15) is 0 Å². The van der Waals surface area contributed by atoms with E-state index in [4.69, 9.17) is 9.90 Å². The summed E-state index contributed by atoms with van der Waals surface area (Å²) in [6.07, 6.45) is 48.6. The molecule has 0 unspecified atom stereocenters. The van der Waals surface area contributed by atoms with Crippen molar-refractivity contribution in [3.8, 4) is 0 Å². The Morgan fingerprint density at radius 1 is 0.455 bits per heavy atom. The monoisotopic (exact) mass is 622 g/mol. The zero-order valence-corrected chi connectivity index (χ0v) is 30.8. The predicted octanol–water partition coefficient (Wildman–Crippen LogP) is 14.1. The molecular weight excluding hydrogens is 538 g/mol. The zero-order chi connectivity index (χ0) is 32.6. The number of hydrogen-bond acceptors (Lipinski definition) is 2. The van der Waals surface area contributed by atoms with Crippen LogP contribution < -0.4 is 0 Å². The predicted molar refractivity (Wildman–Crippen MR) is 199 cm³/mol. The maximum Gasteiger partial charge on any atom is 0.300 e. The van der Waals surface area contributed by atoms with Crippen LogP contribution in [-0.2, 0) is 4.79 Å². The van der Waals surface area contributed by atoms with Gasteiger partial charge in [0.25, 0.3) is 5.97 Å². The molecule has 0 amide bonds. The molecule has 0 aromatic heterocycles. The quantitative estimate of drug-likeness (QED) is 0.0559. The molecule has 0 radical (unpaired) electrons. The number of carboxylic acid groups (broad SMARTS) is 1. The molecule has 0 aromatic carbocycles. The van der Waals surface area contributed by atoms with E-state index < -0.39 is 5.97 Å². The Bertz CT molecular complexity index is 495. The van der Waals surface area contributed by atoms with Gasteiger partial charge in [0, 0.05) is 13.5 Å². The number of nitrogens with zero attached hydrogens (tertiary/aromatic N) is 1. The highest BCUT2D eigenvalue weighted by molar-refractivity contribution is 5.62. The number of unbranched alkanes of at least 4 members (excludes halogenated alkanes) is 30. The van der Waals surface area contributed by atoms with Crippen molar-refractivity contribution in [2.75, 3.05) is 19.6 Å². The molecule has 3 heteroatoms. The summed E-state index contributed by atoms with van der Waals surface area (Å²) in [7, 11) is 0. The summed E-state index contributed by atoms with van der Waals surface area (Å²) in [4.78, 5) is 11.7. The Balaban J connectivity index is 0. The lowest BCUT2D eigenvalue weighted by Gasteiger charge is -2.20. The second-order valence-electron chi connectivity index (χ2n) is 13.7. The third kappa shape index (κ3) is 45.6. The topological polar surface area (TPSA) is 40.5 Å². The fourth-order valence-corrected chi connectivity index (χ4v) is 6.24. The van der Waals surface area contributed by atoms with Crippen molar-refractivity contribution in [3.63, 3.8) is 0 Å². The SMILES string of the molecule is C=CCN(CCCCCCCCCCCCCCCCCC)CCCCCCCCCCCCCCCCCC.CC(=O)O. The summed E-state index contributed by atoms with van der Waals surface area (Å²) in [5.41, 5.74) is 0. The van der Waals surface area contributed by atoms with Gasteiger partial charge in [-0.05, 0) is 25.9 Å². The number of carbonyl (C=O) groups is 1. The molecule has 0 aliphatic carbocycles. The van der Waals surface area contributed by atoms with Crippen LogP contribution in [0.4, 0.5) is 0 Å². The Labute approximate surface area is 278 Å². The van der Waals surface area contributed by atoms with Gasteiger partial charge < -0.3 is 5.11 Å². The summed E-state index contributed by atoms with van der Waals surface area (Å²) >= 11 is 0. The van der Waals surface area contributed by atoms with Crippen LogP contribution in [0.2, 0.25) is 0 Å². The van der Waals surface area contributed by atoms with Gasteiger partial charge in [0.2, 0.25) is 0 Å². The molecule has 44 heavy (non-hydrogen) atoms. The molecule has 0 aliphatic rings. The normalized spacial score (nSPS) is 11.1. The number of rotatable bonds is 36. The molecule has 0 heterocycles. The van der Waals surface area contributed by atoms with Gasteiger partial charge in [-0.15, -0.1) is 6.58 Å². The Kier molecular flexibility index (Phi) is 43.4. The summed E-state index contributed by atoms with van der Waals surface area (Å²) < 4.78 is 0. The molecule has 0 aromatic rings. The molecule has 0 fully saturated rings. The van der Waals surface area contributed by atoms with E-state index in [0.717, 1.165) is 13.5 Å². The molecule has 0 aliphatic heterocycles. The van der Waals surface area contributed by atoms with Gasteiger partial charge in [0.05, 0.1) is 0 Å². The first-order valence-electron chi connectivity index (χ1n) is 20.1. The largest absolute Gasteiger partial charge is 0.481 e. The van der Waals surface area contributed by atoms with Crippen molar-refractivity contribution < 1.29 is 9.90 Å². The molecular formula is C41H83NO2. The van der Waals surface area contributed by atoms with Gasteiger partial charge in [0.15, 0.2) is 0 Å². The van der Waals surface area contributed by atoms with Crippen LogP contribution in [0.25, 0.3) is 0 Å². The molecule has 0 bridgehead atoms. The molecule has 0 atom stereocenters. The Morgan fingerprint density at radius 3 is 0.818 bits per heavy atom. The number of hydrogen-bond donors (Lipinski definition) is 1. The summed E-state index contributed by atoms with van der Waals surface area (Å²) in [6.45, 7) is 13.3. The average molecular weight is 622 g/mol. The van der Waals surface area contributed by atoms with Crippen LogP contribution in [0.3, 0.4) is 0 Å². The van der Waals surface area contributed by atoms with Crippen LogP contribution in [0.1, 0.15) is 226 Å². The van der Waals surface area contributed by atoms with Crippen molar-refractivity contribution >= 4 is 5.97 Å². The molecule has 1 N–H and O–H groups in total. The standard InChI is InChI=1S/C39H79N.C2H4O2/c1-4-7-9-11-13-15-17-19-21-23-25-27-29-31-33-35-38-40(37-6-3)39-36-34-32-30-28-26-24-22-20-18-16-14-12-10-8-5-2;1-2(3)4/h6H,3-5,7-39H2,1-2H3;1H3,(H,3,4). The van der Waals surface area contributed by atoms with Crippen molar-refractivity contribution in [1.82, 2.24) is 4.90 Å². The first-order valence-corrected chi connectivity index (χ1v) is 20.1. The maximum absolute atomic E-state index is 9.00. The third-order valence-electron chi connectivity index (χ3n) is 9.04. The molecule has 0 rings (SSSR count). The van der Waals surface area contributed by atoms with Crippen molar-refractivity contribution in [2.24, 2.45) is 0 Å². The fourth-order valence-electron chi connectivity index (χ4n) is 6.24. The first kappa shape index (κ1) is 45.3. The highest BCUT2D eigenvalue weighted by Crippen LogP contribution is 2.15. The zero-order valence-electron chi connectivity index (χ0n) is 30.8. The lowest BCUT2D eigenvalue weighted by atomic mass is 10.0. The third-order valence-corrected chi connectivity index (χ3v) is 9.04. The van der Waals surface area contributed by atoms with Gasteiger partial charge >= 0.3 is 0 Å². The van der Waals surface area contributed by atoms with E-state index in [1.165, 1.54) is 219 Å². The minimum absolute atomic E-state index is 0.833. The molecule has 0 saturated heterocycles. The minimum Gasteiger partial charge on any atom is -0.481 e. The summed E-state index contributed by atoms with van der Waals surface area (Å²) in [5.74, 6) is -0.833. The Hall–Kier alpha value is -0.830. The second-order valence-corrected chi connectivity index (χ2v) is 13.7. The number of aliphatic carboxylic acids is 1. The molecule has 0 spiro atoms. The molecule has 264 valence electrons. The van der Waals surface area contributed by atoms with E-state index in [1.54, 1.807) is 0 Å². The molecule has 0 saturated carbocycles.